The van der Waals surface area contributed by atoms with E-state index >= 15 is 0 Å². The first-order valence-electron chi connectivity index (χ1n) is 6.96. The smallest absolute Gasteiger partial charge is 0.546 e. The monoisotopic (exact) mass is 606 g/mol. The number of carboxylic acid groups (broad SMARTS) is 4. The Balaban J connectivity index is -0.0000000754. The van der Waals surface area contributed by atoms with Gasteiger partial charge in [-0.05, 0) is 0 Å². The second-order valence-electron chi connectivity index (χ2n) is 4.82. The molecule has 0 aliphatic heterocycles. The third-order valence-electron chi connectivity index (χ3n) is 2.09. The van der Waals surface area contributed by atoms with Crippen molar-refractivity contribution in [2.75, 3.05) is 26.4 Å². The summed E-state index contributed by atoms with van der Waals surface area (Å²) in [5, 5.41) is 92.8. The summed E-state index contributed by atoms with van der Waals surface area (Å²) in [5.74, 6) is -7.60. The van der Waals surface area contributed by atoms with Crippen LogP contribution < -0.4 is 50.0 Å². The van der Waals surface area contributed by atoms with Gasteiger partial charge in [-0.3, -0.25) is 0 Å². The molecule has 0 rings (SSSR count). The third kappa shape index (κ3) is 24.0. The van der Waals surface area contributed by atoms with Crippen LogP contribution >= 0.6 is 46.4 Å². The summed E-state index contributed by atoms with van der Waals surface area (Å²) in [6, 6.07) is 0. The van der Waals surface area contributed by atoms with E-state index in [1.807, 2.05) is 0 Å². The van der Waals surface area contributed by atoms with Crippen molar-refractivity contribution < 1.29 is 110 Å². The summed E-state index contributed by atoms with van der Waals surface area (Å²) in [5.41, 5.74) is 0. The number of aliphatic hydroxyl groups is 8. The van der Waals surface area contributed by atoms with Gasteiger partial charge in [-0.2, -0.15) is 0 Å². The minimum absolute atomic E-state index is 0. The molecule has 8 N–H and O–H groups in total. The Morgan fingerprint density at radius 3 is 0.588 bits per heavy atom. The van der Waals surface area contributed by atoms with E-state index in [0.29, 0.717) is 0 Å². The second-order valence-corrected chi connectivity index (χ2v) is 7.32. The van der Waals surface area contributed by atoms with Gasteiger partial charge in [0.05, 0.1) is 50.3 Å². The number of carbonyl (C=O) groups is 4. The van der Waals surface area contributed by atoms with Crippen molar-refractivity contribution in [1.82, 2.24) is 0 Å². The van der Waals surface area contributed by atoms with Crippen LogP contribution in [0.2, 0.25) is 0 Å². The maximum absolute atomic E-state index is 9.60. The molecule has 0 aromatic heterocycles. The standard InChI is InChI=1S/4C3H5ClO4.Al.Na/c4*4-3(8,1-5)2(6)7;;/h4*5,8H,1H2,(H,6,7);;/q;;;;+3;+1/p-4. The maximum atomic E-state index is 9.60. The predicted octanol–water partition coefficient (Wildman–Crippen LogP) is -12.8. The molecule has 192 valence electrons. The van der Waals surface area contributed by atoms with Crippen LogP contribution in [0.4, 0.5) is 0 Å². The molecule has 0 aromatic rings. The number of carboxylic acids is 4. The molecule has 22 heteroatoms. The molecule has 4 unspecified atom stereocenters. The average molecular weight is 608 g/mol. The summed E-state index contributed by atoms with van der Waals surface area (Å²) < 4.78 is 0. The Morgan fingerprint density at radius 1 is 0.500 bits per heavy atom. The maximum Gasteiger partial charge on any atom is 3.00 e. The molecule has 0 saturated carbocycles. The number of hydrogen-bond donors (Lipinski definition) is 8. The van der Waals surface area contributed by atoms with Crippen molar-refractivity contribution in [2.24, 2.45) is 0 Å². The largest absolute Gasteiger partial charge is 3.00 e. The summed E-state index contributed by atoms with van der Waals surface area (Å²) in [6.45, 7) is -4.23. The van der Waals surface area contributed by atoms with Crippen LogP contribution in [0, 0.1) is 0 Å². The fourth-order valence-corrected chi connectivity index (χ4v) is 0.258. The Hall–Kier alpha value is 0.252. The van der Waals surface area contributed by atoms with Crippen molar-refractivity contribution >= 4 is 87.6 Å². The zero-order valence-corrected chi connectivity index (χ0v) is 22.9. The topological polar surface area (TPSA) is 322 Å². The first-order chi connectivity index (χ1) is 14.0. The molecule has 0 saturated heterocycles. The quantitative estimate of drug-likeness (QED) is 0.0937. The number of rotatable bonds is 8. The number of alkyl halides is 4. The Labute approximate surface area is 242 Å². The normalized spacial score (nSPS) is 16.4. The molecule has 0 aromatic carbocycles. The molecule has 34 heavy (non-hydrogen) atoms. The molecule has 0 aliphatic rings. The van der Waals surface area contributed by atoms with E-state index in [1.54, 1.807) is 0 Å². The Morgan fingerprint density at radius 2 is 0.588 bits per heavy atom. The summed E-state index contributed by atoms with van der Waals surface area (Å²) >= 11 is 18.8. The zero-order chi connectivity index (χ0) is 27.1. The molecule has 0 heterocycles. The van der Waals surface area contributed by atoms with Crippen LogP contribution in [0.1, 0.15) is 0 Å². The average Bonchev–Trinajstić information content (AvgIpc) is 2.68. The van der Waals surface area contributed by atoms with Gasteiger partial charge in [0.2, 0.25) is 20.2 Å². The van der Waals surface area contributed by atoms with Crippen LogP contribution in [-0.2, 0) is 19.2 Å². The van der Waals surface area contributed by atoms with Crippen molar-refractivity contribution in [1.29, 1.82) is 0 Å². The van der Waals surface area contributed by atoms with Crippen molar-refractivity contribution in [2.45, 2.75) is 20.2 Å². The summed E-state index contributed by atoms with van der Waals surface area (Å²) in [4.78, 5) is 38.4. The van der Waals surface area contributed by atoms with Crippen molar-refractivity contribution in [3.63, 3.8) is 0 Å². The van der Waals surface area contributed by atoms with Gasteiger partial charge in [-0.1, -0.05) is 46.4 Å². The molecule has 0 bridgehead atoms. The van der Waals surface area contributed by atoms with Gasteiger partial charge in [0.15, 0.2) is 0 Å². The van der Waals surface area contributed by atoms with Gasteiger partial charge in [0, 0.05) is 0 Å². The third-order valence-corrected chi connectivity index (χ3v) is 3.18. The summed E-state index contributed by atoms with van der Waals surface area (Å²) in [6.07, 6.45) is 0. The molecular formula is C12H16AlCl4NaO16. The fourth-order valence-electron chi connectivity index (χ4n) is 0.258. The van der Waals surface area contributed by atoms with Gasteiger partial charge in [-0.25, -0.2) is 0 Å². The molecule has 0 spiro atoms. The molecule has 4 atom stereocenters. The van der Waals surface area contributed by atoms with Gasteiger partial charge in [0.1, 0.15) is 0 Å². The van der Waals surface area contributed by atoms with Crippen LogP contribution in [0.5, 0.6) is 0 Å². The number of aliphatic carboxylic acids is 4. The number of hydrogen-bond acceptors (Lipinski definition) is 16. The van der Waals surface area contributed by atoms with E-state index in [0.717, 1.165) is 0 Å². The van der Waals surface area contributed by atoms with E-state index in [1.165, 1.54) is 0 Å². The molecular weight excluding hydrogens is 592 g/mol. The van der Waals surface area contributed by atoms with Crippen LogP contribution in [0.3, 0.4) is 0 Å². The molecule has 16 nitrogen and oxygen atoms in total. The number of halogens is 4. The van der Waals surface area contributed by atoms with Crippen LogP contribution in [0.25, 0.3) is 0 Å². The predicted molar refractivity (Wildman–Crippen MR) is 97.3 cm³/mol. The van der Waals surface area contributed by atoms with Gasteiger partial charge in [0.25, 0.3) is 0 Å². The minimum Gasteiger partial charge on any atom is -0.546 e. The van der Waals surface area contributed by atoms with Gasteiger partial charge >= 0.3 is 46.9 Å². The van der Waals surface area contributed by atoms with Gasteiger partial charge < -0.3 is 80.5 Å². The van der Waals surface area contributed by atoms with Gasteiger partial charge in [-0.15, -0.1) is 0 Å². The second kappa shape index (κ2) is 21.3. The van der Waals surface area contributed by atoms with E-state index in [9.17, 15) is 39.6 Å². The molecule has 0 aliphatic carbocycles. The molecule has 0 amide bonds. The Kier molecular flexibility index (Phi) is 29.8. The minimum atomic E-state index is -2.62. The SMILES string of the molecule is O=C([O-])C(O)(Cl)CO.O=C([O-])C(O)(Cl)CO.O=C([O-])C(O)(Cl)CO.O=C([O-])C(O)(Cl)CO.[Al+3].[Na+]. The van der Waals surface area contributed by atoms with E-state index in [-0.39, 0.29) is 46.9 Å². The van der Waals surface area contributed by atoms with E-state index < -0.39 is 70.5 Å². The molecule has 0 radical (unpaired) electrons. The van der Waals surface area contributed by atoms with Crippen molar-refractivity contribution in [3.8, 4) is 0 Å². The summed E-state index contributed by atoms with van der Waals surface area (Å²) in [7, 11) is 0. The Bertz CT molecular complexity index is 515. The zero-order valence-electron chi connectivity index (χ0n) is 16.8. The number of aliphatic hydroxyl groups excluding tert-OH is 4. The first kappa shape index (κ1) is 47.4. The number of carbonyl (C=O) groups excluding carboxylic acids is 4. The first-order valence-corrected chi connectivity index (χ1v) is 8.47. The van der Waals surface area contributed by atoms with E-state index in [4.69, 9.17) is 87.3 Å². The van der Waals surface area contributed by atoms with Crippen LogP contribution in [-0.4, -0.2) is 129 Å². The van der Waals surface area contributed by atoms with E-state index in [2.05, 4.69) is 0 Å². The fraction of sp³-hybridized carbons (Fsp3) is 0.667. The van der Waals surface area contributed by atoms with Crippen molar-refractivity contribution in [3.05, 3.63) is 0 Å². The van der Waals surface area contributed by atoms with Crippen LogP contribution in [0.15, 0.2) is 0 Å². The molecule has 0 fully saturated rings.